The molecule has 88 valence electrons. The van der Waals surface area contributed by atoms with Gasteiger partial charge in [0.2, 0.25) is 5.91 Å². The molecule has 2 unspecified atom stereocenters. The summed E-state index contributed by atoms with van der Waals surface area (Å²) in [5.41, 5.74) is 0. The fraction of sp³-hybridized carbons (Fsp3) is 0.909. The molecule has 0 spiro atoms. The maximum atomic E-state index is 11.5. The third-order valence-corrected chi connectivity index (χ3v) is 3.58. The molecule has 1 fully saturated rings. The Balaban J connectivity index is 2.24. The molecule has 0 bridgehead atoms. The highest BCUT2D eigenvalue weighted by Gasteiger charge is 2.27. The molecule has 1 aliphatic rings. The first-order valence-corrected chi connectivity index (χ1v) is 6.72. The van der Waals surface area contributed by atoms with Gasteiger partial charge in [-0.25, -0.2) is 0 Å². The molecule has 4 heteroatoms. The van der Waals surface area contributed by atoms with E-state index in [4.69, 9.17) is 4.74 Å². The highest BCUT2D eigenvalue weighted by molar-refractivity contribution is 9.09. The summed E-state index contributed by atoms with van der Waals surface area (Å²) in [4.78, 5) is 11.5. The molecular weight excluding hydrogens is 258 g/mol. The minimum atomic E-state index is 0.0153. The highest BCUT2D eigenvalue weighted by Crippen LogP contribution is 2.26. The fourth-order valence-electron chi connectivity index (χ4n) is 1.90. The molecule has 1 rings (SSSR count). The van der Waals surface area contributed by atoms with Crippen LogP contribution in [0.2, 0.25) is 0 Å². The van der Waals surface area contributed by atoms with Crippen molar-refractivity contribution in [3.63, 3.8) is 0 Å². The number of alkyl halides is 1. The predicted octanol–water partition coefficient (Wildman–Crippen LogP) is 2.09. The largest absolute Gasteiger partial charge is 0.369 e. The first-order chi connectivity index (χ1) is 7.13. The Hall–Kier alpha value is -0.0900. The molecule has 0 heterocycles. The monoisotopic (exact) mass is 277 g/mol. The third kappa shape index (κ3) is 4.51. The van der Waals surface area contributed by atoms with Gasteiger partial charge in [-0.2, -0.15) is 0 Å². The summed E-state index contributed by atoms with van der Waals surface area (Å²) in [7, 11) is 0. The standard InChI is InChI=1S/C11H20BrNO2/c1-8(2)15-7-11(14)13-10-5-3-4-9(10)6-12/h8-10H,3-7H2,1-2H3,(H,13,14). The van der Waals surface area contributed by atoms with Gasteiger partial charge in [0.25, 0.3) is 0 Å². The average Bonchev–Trinajstić information content (AvgIpc) is 2.62. The number of nitrogens with one attached hydrogen (secondary N) is 1. The van der Waals surface area contributed by atoms with Crippen LogP contribution < -0.4 is 5.32 Å². The smallest absolute Gasteiger partial charge is 0.246 e. The molecule has 0 aromatic rings. The summed E-state index contributed by atoms with van der Waals surface area (Å²) in [5, 5.41) is 4.02. The first kappa shape index (κ1) is 13.0. The van der Waals surface area contributed by atoms with Gasteiger partial charge in [-0.15, -0.1) is 0 Å². The molecule has 0 aromatic carbocycles. The van der Waals surface area contributed by atoms with Crippen LogP contribution in [0.15, 0.2) is 0 Å². The van der Waals surface area contributed by atoms with E-state index in [9.17, 15) is 4.79 Å². The third-order valence-electron chi connectivity index (χ3n) is 2.75. The molecule has 0 aliphatic heterocycles. The van der Waals surface area contributed by atoms with Gasteiger partial charge in [-0.05, 0) is 32.6 Å². The fourth-order valence-corrected chi connectivity index (χ4v) is 2.68. The zero-order valence-corrected chi connectivity index (χ0v) is 11.0. The number of hydrogen-bond acceptors (Lipinski definition) is 2. The number of halogens is 1. The quantitative estimate of drug-likeness (QED) is 0.782. The Morgan fingerprint density at radius 2 is 2.27 bits per heavy atom. The SMILES string of the molecule is CC(C)OCC(=O)NC1CCCC1CBr. The molecule has 0 saturated heterocycles. The van der Waals surface area contributed by atoms with Gasteiger partial charge in [-0.1, -0.05) is 22.4 Å². The van der Waals surface area contributed by atoms with Crippen LogP contribution >= 0.6 is 15.9 Å². The average molecular weight is 278 g/mol. The van der Waals surface area contributed by atoms with Crippen molar-refractivity contribution in [3.05, 3.63) is 0 Å². The van der Waals surface area contributed by atoms with E-state index in [-0.39, 0.29) is 18.6 Å². The molecule has 1 N–H and O–H groups in total. The summed E-state index contributed by atoms with van der Waals surface area (Å²) in [6.07, 6.45) is 3.64. The predicted molar refractivity (Wildman–Crippen MR) is 64.2 cm³/mol. The summed E-state index contributed by atoms with van der Waals surface area (Å²) in [5.74, 6) is 0.606. The Labute approximate surface area is 100 Å². The number of carbonyl (C=O) groups excluding carboxylic acids is 1. The second kappa shape index (κ2) is 6.48. The van der Waals surface area contributed by atoms with Gasteiger partial charge < -0.3 is 10.1 Å². The lowest BCUT2D eigenvalue weighted by molar-refractivity contribution is -0.128. The van der Waals surface area contributed by atoms with E-state index < -0.39 is 0 Å². The van der Waals surface area contributed by atoms with Crippen molar-refractivity contribution in [2.24, 2.45) is 5.92 Å². The maximum absolute atomic E-state index is 11.5. The van der Waals surface area contributed by atoms with Crippen molar-refractivity contribution in [1.29, 1.82) is 0 Å². The summed E-state index contributed by atoms with van der Waals surface area (Å²) in [6, 6.07) is 0.340. The van der Waals surface area contributed by atoms with Crippen molar-refractivity contribution in [3.8, 4) is 0 Å². The number of amides is 1. The van der Waals surface area contributed by atoms with Gasteiger partial charge in [0.1, 0.15) is 6.61 Å². The molecule has 0 radical (unpaired) electrons. The zero-order valence-electron chi connectivity index (χ0n) is 9.46. The minimum absolute atomic E-state index is 0.0153. The van der Waals surface area contributed by atoms with Crippen molar-refractivity contribution >= 4 is 21.8 Å². The number of rotatable bonds is 5. The van der Waals surface area contributed by atoms with Crippen molar-refractivity contribution in [2.75, 3.05) is 11.9 Å². The van der Waals surface area contributed by atoms with E-state index in [1.807, 2.05) is 13.8 Å². The van der Waals surface area contributed by atoms with Crippen LogP contribution in [0.25, 0.3) is 0 Å². The molecule has 1 amide bonds. The molecule has 0 aromatic heterocycles. The van der Waals surface area contributed by atoms with Crippen molar-refractivity contribution in [2.45, 2.75) is 45.3 Å². The van der Waals surface area contributed by atoms with Crippen LogP contribution in [0.3, 0.4) is 0 Å². The van der Waals surface area contributed by atoms with E-state index in [1.54, 1.807) is 0 Å². The second-order valence-corrected chi connectivity index (χ2v) is 5.03. The molecule has 15 heavy (non-hydrogen) atoms. The van der Waals surface area contributed by atoms with E-state index in [1.165, 1.54) is 12.8 Å². The molecular formula is C11H20BrNO2. The van der Waals surface area contributed by atoms with E-state index in [0.717, 1.165) is 11.8 Å². The van der Waals surface area contributed by atoms with Gasteiger partial charge in [-0.3, -0.25) is 4.79 Å². The van der Waals surface area contributed by atoms with Crippen LogP contribution in [0, 0.1) is 5.92 Å². The minimum Gasteiger partial charge on any atom is -0.369 e. The topological polar surface area (TPSA) is 38.3 Å². The van der Waals surface area contributed by atoms with Crippen LogP contribution in [-0.2, 0) is 9.53 Å². The lowest BCUT2D eigenvalue weighted by Gasteiger charge is -2.19. The second-order valence-electron chi connectivity index (χ2n) is 4.38. The van der Waals surface area contributed by atoms with Crippen LogP contribution in [0.5, 0.6) is 0 Å². The first-order valence-electron chi connectivity index (χ1n) is 5.60. The lowest BCUT2D eigenvalue weighted by atomic mass is 10.1. The summed E-state index contributed by atoms with van der Waals surface area (Å²) in [6.45, 7) is 4.05. The molecule has 2 atom stereocenters. The number of carbonyl (C=O) groups is 1. The number of hydrogen-bond donors (Lipinski definition) is 1. The van der Waals surface area contributed by atoms with Gasteiger partial charge >= 0.3 is 0 Å². The summed E-state index contributed by atoms with van der Waals surface area (Å²) >= 11 is 3.49. The Morgan fingerprint density at radius 3 is 2.87 bits per heavy atom. The van der Waals surface area contributed by atoms with Crippen molar-refractivity contribution in [1.82, 2.24) is 5.32 Å². The Kier molecular flexibility index (Phi) is 5.61. The van der Waals surface area contributed by atoms with Crippen molar-refractivity contribution < 1.29 is 9.53 Å². The molecule has 1 saturated carbocycles. The highest BCUT2D eigenvalue weighted by atomic mass is 79.9. The number of ether oxygens (including phenoxy) is 1. The normalized spacial score (nSPS) is 25.9. The van der Waals surface area contributed by atoms with E-state index >= 15 is 0 Å². The molecule has 3 nitrogen and oxygen atoms in total. The Morgan fingerprint density at radius 1 is 1.53 bits per heavy atom. The van der Waals surface area contributed by atoms with E-state index in [2.05, 4.69) is 21.2 Å². The van der Waals surface area contributed by atoms with Gasteiger partial charge in [0, 0.05) is 11.4 Å². The summed E-state index contributed by atoms with van der Waals surface area (Å²) < 4.78 is 5.26. The van der Waals surface area contributed by atoms with E-state index in [0.29, 0.717) is 12.0 Å². The van der Waals surface area contributed by atoms with Gasteiger partial charge in [0.05, 0.1) is 6.10 Å². The van der Waals surface area contributed by atoms with Crippen LogP contribution in [-0.4, -0.2) is 30.0 Å². The Bertz CT molecular complexity index is 209. The van der Waals surface area contributed by atoms with Gasteiger partial charge in [0.15, 0.2) is 0 Å². The zero-order chi connectivity index (χ0) is 11.3. The lowest BCUT2D eigenvalue weighted by Crippen LogP contribution is -2.40. The van der Waals surface area contributed by atoms with Crippen LogP contribution in [0.4, 0.5) is 0 Å². The molecule has 1 aliphatic carbocycles. The van der Waals surface area contributed by atoms with Crippen LogP contribution in [0.1, 0.15) is 33.1 Å². The maximum Gasteiger partial charge on any atom is 0.246 e.